The van der Waals surface area contributed by atoms with Gasteiger partial charge in [0.25, 0.3) is 0 Å². The molecule has 1 aromatic heterocycles. The largest absolute Gasteiger partial charge is 0.373 e. The van der Waals surface area contributed by atoms with Gasteiger partial charge in [-0.15, -0.1) is 0 Å². The lowest BCUT2D eigenvalue weighted by molar-refractivity contribution is -0.131. The van der Waals surface area contributed by atoms with E-state index in [0.29, 0.717) is 18.9 Å². The van der Waals surface area contributed by atoms with Crippen molar-refractivity contribution in [3.63, 3.8) is 0 Å². The molecule has 1 fully saturated rings. The van der Waals surface area contributed by atoms with Crippen LogP contribution in [0, 0.1) is 5.92 Å². The van der Waals surface area contributed by atoms with Gasteiger partial charge in [0, 0.05) is 20.0 Å². The van der Waals surface area contributed by atoms with Gasteiger partial charge < -0.3 is 10.2 Å². The van der Waals surface area contributed by atoms with Crippen LogP contribution in [-0.4, -0.2) is 29.4 Å². The molecule has 0 aromatic carbocycles. The van der Waals surface area contributed by atoms with Crippen molar-refractivity contribution >= 4 is 11.7 Å². The lowest BCUT2D eigenvalue weighted by Crippen LogP contribution is -2.30. The smallest absolute Gasteiger partial charge is 0.222 e. The molecule has 1 aliphatic heterocycles. The Bertz CT molecular complexity index is 419. The number of carbonyl (C=O) groups is 1. The molecule has 2 heterocycles. The zero-order chi connectivity index (χ0) is 13.0. The summed E-state index contributed by atoms with van der Waals surface area (Å²) in [7, 11) is 1.85. The normalized spacial score (nSPS) is 20.7. The number of hydrogen-bond acceptors (Lipinski definition) is 3. The van der Waals surface area contributed by atoms with Crippen molar-refractivity contribution in [3.8, 4) is 0 Å². The van der Waals surface area contributed by atoms with Gasteiger partial charge in [-0.05, 0) is 30.9 Å². The Labute approximate surface area is 108 Å². The van der Waals surface area contributed by atoms with E-state index in [1.807, 2.05) is 30.1 Å². The Morgan fingerprint density at radius 3 is 3.06 bits per heavy atom. The Morgan fingerprint density at radius 1 is 1.44 bits per heavy atom. The fraction of sp³-hybridized carbons (Fsp3) is 0.571. The monoisotopic (exact) mass is 247 g/mol. The highest BCUT2D eigenvalue weighted by molar-refractivity contribution is 5.76. The first-order valence-electron chi connectivity index (χ1n) is 6.60. The zero-order valence-electron chi connectivity index (χ0n) is 11.1. The molecular weight excluding hydrogens is 226 g/mol. The number of amides is 1. The fourth-order valence-corrected chi connectivity index (χ4v) is 2.24. The lowest BCUT2D eigenvalue weighted by atomic mass is 10.0. The Hall–Kier alpha value is -1.58. The number of likely N-dealkylation sites (tertiary alicyclic amines) is 1. The third-order valence-corrected chi connectivity index (χ3v) is 3.51. The van der Waals surface area contributed by atoms with Crippen LogP contribution in [0.25, 0.3) is 0 Å². The molecule has 4 nitrogen and oxygen atoms in total. The maximum absolute atomic E-state index is 12.0. The van der Waals surface area contributed by atoms with E-state index in [0.717, 1.165) is 30.9 Å². The molecule has 1 saturated heterocycles. The summed E-state index contributed by atoms with van der Waals surface area (Å²) in [5.74, 6) is 1.76. The molecular formula is C14H21N3O. The summed E-state index contributed by atoms with van der Waals surface area (Å²) in [6.45, 7) is 3.70. The average Bonchev–Trinajstić information content (AvgIpc) is 2.54. The van der Waals surface area contributed by atoms with Crippen molar-refractivity contribution in [1.82, 2.24) is 9.88 Å². The lowest BCUT2D eigenvalue weighted by Gasteiger charge is -2.20. The average molecular weight is 247 g/mol. The number of aromatic nitrogens is 1. The maximum Gasteiger partial charge on any atom is 0.222 e. The van der Waals surface area contributed by atoms with E-state index in [1.54, 1.807) is 0 Å². The van der Waals surface area contributed by atoms with Crippen LogP contribution in [0.1, 0.15) is 31.9 Å². The standard InChI is InChI=1S/C14H21N3O/c1-11-6-7-14(18)17(9-8-11)10-12-4-3-5-13(15-2)16-12/h3-5,11H,6-10H2,1-2H3,(H,15,16). The summed E-state index contributed by atoms with van der Waals surface area (Å²) < 4.78 is 0. The third-order valence-electron chi connectivity index (χ3n) is 3.51. The van der Waals surface area contributed by atoms with Crippen molar-refractivity contribution in [2.24, 2.45) is 5.92 Å². The Balaban J connectivity index is 2.04. The molecule has 98 valence electrons. The number of nitrogens with zero attached hydrogens (tertiary/aromatic N) is 2. The molecule has 1 amide bonds. The van der Waals surface area contributed by atoms with Crippen molar-refractivity contribution in [1.29, 1.82) is 0 Å². The van der Waals surface area contributed by atoms with Gasteiger partial charge >= 0.3 is 0 Å². The molecule has 1 aliphatic rings. The number of rotatable bonds is 3. The second kappa shape index (κ2) is 5.85. The number of hydrogen-bond donors (Lipinski definition) is 1. The van der Waals surface area contributed by atoms with E-state index in [1.165, 1.54) is 0 Å². The van der Waals surface area contributed by atoms with Gasteiger partial charge in [-0.3, -0.25) is 4.79 Å². The Morgan fingerprint density at radius 2 is 2.28 bits per heavy atom. The minimum absolute atomic E-state index is 0.260. The van der Waals surface area contributed by atoms with E-state index < -0.39 is 0 Å². The van der Waals surface area contributed by atoms with Gasteiger partial charge in [-0.25, -0.2) is 4.98 Å². The van der Waals surface area contributed by atoms with Crippen LogP contribution in [0.2, 0.25) is 0 Å². The van der Waals surface area contributed by atoms with Gasteiger partial charge in [0.05, 0.1) is 12.2 Å². The van der Waals surface area contributed by atoms with E-state index in [-0.39, 0.29) is 5.91 Å². The number of anilines is 1. The van der Waals surface area contributed by atoms with Crippen molar-refractivity contribution < 1.29 is 4.79 Å². The predicted octanol–water partition coefficient (Wildman–Crippen LogP) is 2.27. The van der Waals surface area contributed by atoms with Gasteiger partial charge in [0.2, 0.25) is 5.91 Å². The van der Waals surface area contributed by atoms with Crippen molar-refractivity contribution in [2.45, 2.75) is 32.7 Å². The van der Waals surface area contributed by atoms with E-state index >= 15 is 0 Å². The molecule has 0 spiro atoms. The van der Waals surface area contributed by atoms with Crippen molar-refractivity contribution in [3.05, 3.63) is 23.9 Å². The molecule has 4 heteroatoms. The summed E-state index contributed by atoms with van der Waals surface area (Å²) in [4.78, 5) is 18.4. The highest BCUT2D eigenvalue weighted by Crippen LogP contribution is 2.19. The van der Waals surface area contributed by atoms with E-state index in [4.69, 9.17) is 0 Å². The molecule has 0 saturated carbocycles. The highest BCUT2D eigenvalue weighted by atomic mass is 16.2. The first-order chi connectivity index (χ1) is 8.69. The summed E-state index contributed by atoms with van der Waals surface area (Å²) >= 11 is 0. The van der Waals surface area contributed by atoms with Crippen LogP contribution in [0.5, 0.6) is 0 Å². The molecule has 2 rings (SSSR count). The first kappa shape index (κ1) is 12.9. The second-order valence-corrected chi connectivity index (χ2v) is 5.01. The predicted molar refractivity (Wildman–Crippen MR) is 72.2 cm³/mol. The molecule has 1 aromatic rings. The molecule has 18 heavy (non-hydrogen) atoms. The highest BCUT2D eigenvalue weighted by Gasteiger charge is 2.20. The summed E-state index contributed by atoms with van der Waals surface area (Å²) in [5.41, 5.74) is 0.949. The molecule has 0 radical (unpaired) electrons. The van der Waals surface area contributed by atoms with E-state index in [9.17, 15) is 4.79 Å². The molecule has 1 N–H and O–H groups in total. The van der Waals surface area contributed by atoms with Crippen LogP contribution in [0.15, 0.2) is 18.2 Å². The minimum Gasteiger partial charge on any atom is -0.373 e. The Kier molecular flexibility index (Phi) is 4.18. The van der Waals surface area contributed by atoms with Gasteiger partial charge in [-0.2, -0.15) is 0 Å². The maximum atomic E-state index is 12.0. The van der Waals surface area contributed by atoms with Crippen molar-refractivity contribution in [2.75, 3.05) is 18.9 Å². The molecule has 0 aliphatic carbocycles. The third kappa shape index (κ3) is 3.22. The minimum atomic E-state index is 0.260. The van der Waals surface area contributed by atoms with Gasteiger partial charge in [0.1, 0.15) is 5.82 Å². The van der Waals surface area contributed by atoms with Gasteiger partial charge in [0.15, 0.2) is 0 Å². The molecule has 1 atom stereocenters. The molecule has 0 bridgehead atoms. The summed E-state index contributed by atoms with van der Waals surface area (Å²) in [5, 5.41) is 3.02. The van der Waals surface area contributed by atoms with Crippen LogP contribution < -0.4 is 5.32 Å². The van der Waals surface area contributed by atoms with Crippen LogP contribution in [0.3, 0.4) is 0 Å². The topological polar surface area (TPSA) is 45.2 Å². The van der Waals surface area contributed by atoms with E-state index in [2.05, 4.69) is 17.2 Å². The molecule has 1 unspecified atom stereocenters. The van der Waals surface area contributed by atoms with Crippen LogP contribution in [-0.2, 0) is 11.3 Å². The zero-order valence-corrected chi connectivity index (χ0v) is 11.1. The van der Waals surface area contributed by atoms with Gasteiger partial charge in [-0.1, -0.05) is 13.0 Å². The fourth-order valence-electron chi connectivity index (χ4n) is 2.24. The van der Waals surface area contributed by atoms with Crippen LogP contribution >= 0.6 is 0 Å². The quantitative estimate of drug-likeness (QED) is 0.891. The summed E-state index contributed by atoms with van der Waals surface area (Å²) in [6, 6.07) is 5.87. The van der Waals surface area contributed by atoms with Crippen LogP contribution in [0.4, 0.5) is 5.82 Å². The second-order valence-electron chi connectivity index (χ2n) is 5.01. The first-order valence-corrected chi connectivity index (χ1v) is 6.60. The number of carbonyl (C=O) groups excluding carboxylic acids is 1. The number of pyridine rings is 1. The number of nitrogens with one attached hydrogen (secondary N) is 1. The SMILES string of the molecule is CNc1cccc(CN2CCC(C)CCC2=O)n1. The summed E-state index contributed by atoms with van der Waals surface area (Å²) in [6.07, 6.45) is 2.78.